The minimum Gasteiger partial charge on any atom is -0.406 e. The standard InChI is InChI=1S/C33H46N2O3S2Si/c1-31(2,3)41(26-17-10-8-11-18-26,27-19-12-9-13-20-27)38-24-32(4,5)30-35-34-29(40-30)22-28(36)33(6,7)39-23-25-16-14-15-21-37-25/h8-13,17-20,25H,14-16,21-24H2,1-7H3/t25-/m1/s1. The molecule has 0 N–H and O–H groups in total. The van der Waals surface area contributed by atoms with Crippen LogP contribution >= 0.6 is 23.1 Å². The minimum atomic E-state index is -2.67. The summed E-state index contributed by atoms with van der Waals surface area (Å²) in [6.07, 6.45) is 3.99. The maximum Gasteiger partial charge on any atom is 0.261 e. The van der Waals surface area contributed by atoms with Gasteiger partial charge in [-0.1, -0.05) is 95.3 Å². The first-order valence-electron chi connectivity index (χ1n) is 14.7. The van der Waals surface area contributed by atoms with Gasteiger partial charge in [0, 0.05) is 24.4 Å². The molecule has 2 heterocycles. The minimum absolute atomic E-state index is 0.101. The molecule has 4 rings (SSSR count). The van der Waals surface area contributed by atoms with Gasteiger partial charge in [-0.3, -0.25) is 4.79 Å². The molecule has 1 atom stereocenters. The fourth-order valence-corrected chi connectivity index (χ4v) is 12.1. The van der Waals surface area contributed by atoms with Gasteiger partial charge in [-0.15, -0.1) is 33.3 Å². The van der Waals surface area contributed by atoms with Gasteiger partial charge in [-0.05, 0) is 48.5 Å². The maximum absolute atomic E-state index is 13.3. The topological polar surface area (TPSA) is 61.3 Å². The summed E-state index contributed by atoms with van der Waals surface area (Å²) in [7, 11) is -2.67. The van der Waals surface area contributed by atoms with Crippen molar-refractivity contribution in [2.24, 2.45) is 0 Å². The number of ketones is 1. The van der Waals surface area contributed by atoms with Crippen molar-refractivity contribution >= 4 is 47.6 Å². The number of hydrogen-bond donors (Lipinski definition) is 0. The molecule has 5 nitrogen and oxygen atoms in total. The molecule has 0 saturated carbocycles. The molecule has 0 amide bonds. The molecular weight excluding hydrogens is 565 g/mol. The van der Waals surface area contributed by atoms with Crippen LogP contribution in [0.4, 0.5) is 0 Å². The highest BCUT2D eigenvalue weighted by Crippen LogP contribution is 2.39. The van der Waals surface area contributed by atoms with Gasteiger partial charge in [-0.2, -0.15) is 0 Å². The second-order valence-corrected chi connectivity index (χ2v) is 20.3. The first kappa shape index (κ1) is 32.1. The number of aromatic nitrogens is 2. The van der Waals surface area contributed by atoms with Crippen molar-refractivity contribution in [1.29, 1.82) is 0 Å². The van der Waals surface area contributed by atoms with E-state index in [-0.39, 0.29) is 22.3 Å². The zero-order valence-electron chi connectivity index (χ0n) is 25.7. The van der Waals surface area contributed by atoms with Crippen LogP contribution in [0.5, 0.6) is 0 Å². The number of nitrogens with zero attached hydrogens (tertiary/aromatic N) is 2. The molecule has 1 aromatic heterocycles. The van der Waals surface area contributed by atoms with Gasteiger partial charge in [0.15, 0.2) is 5.78 Å². The molecule has 0 unspecified atom stereocenters. The molecule has 8 heteroatoms. The Kier molecular flexibility index (Phi) is 10.3. The fraction of sp³-hybridized carbons (Fsp3) is 0.545. The van der Waals surface area contributed by atoms with E-state index in [4.69, 9.17) is 9.16 Å². The third-order valence-electron chi connectivity index (χ3n) is 8.00. The Hall–Kier alpha value is -1.84. The summed E-state index contributed by atoms with van der Waals surface area (Å²) in [6.45, 7) is 16.6. The van der Waals surface area contributed by atoms with E-state index in [0.29, 0.717) is 13.0 Å². The molecule has 41 heavy (non-hydrogen) atoms. The summed E-state index contributed by atoms with van der Waals surface area (Å²) >= 11 is 3.24. The number of hydrogen-bond acceptors (Lipinski definition) is 7. The Morgan fingerprint density at radius 1 is 0.951 bits per heavy atom. The summed E-state index contributed by atoms with van der Waals surface area (Å²) in [5, 5.41) is 13.1. The molecule has 3 aromatic rings. The number of thioether (sulfide) groups is 1. The van der Waals surface area contributed by atoms with E-state index < -0.39 is 13.1 Å². The molecule has 0 aliphatic carbocycles. The van der Waals surface area contributed by atoms with Gasteiger partial charge < -0.3 is 9.16 Å². The number of carbonyl (C=O) groups excluding carboxylic acids is 1. The van der Waals surface area contributed by atoms with Gasteiger partial charge in [0.25, 0.3) is 8.32 Å². The molecule has 1 aliphatic rings. The van der Waals surface area contributed by atoms with Crippen LogP contribution in [-0.4, -0.2) is 54.1 Å². The third kappa shape index (κ3) is 7.57. The Labute approximate surface area is 256 Å². The van der Waals surface area contributed by atoms with Crippen LogP contribution in [0, 0.1) is 0 Å². The fourth-order valence-electron chi connectivity index (χ4n) is 5.38. The van der Waals surface area contributed by atoms with Crippen molar-refractivity contribution in [1.82, 2.24) is 10.2 Å². The smallest absolute Gasteiger partial charge is 0.261 e. The highest BCUT2D eigenvalue weighted by molar-refractivity contribution is 8.01. The average Bonchev–Trinajstić information content (AvgIpc) is 3.43. The van der Waals surface area contributed by atoms with E-state index in [1.54, 1.807) is 11.8 Å². The molecule has 0 bridgehead atoms. The van der Waals surface area contributed by atoms with Crippen LogP contribution in [0.2, 0.25) is 5.04 Å². The molecule has 2 aromatic carbocycles. The maximum atomic E-state index is 13.3. The lowest BCUT2D eigenvalue weighted by atomic mass is 9.96. The summed E-state index contributed by atoms with van der Waals surface area (Å²) < 4.78 is 12.6. The highest BCUT2D eigenvalue weighted by Gasteiger charge is 2.51. The van der Waals surface area contributed by atoms with Crippen molar-refractivity contribution in [3.8, 4) is 0 Å². The van der Waals surface area contributed by atoms with Gasteiger partial charge in [0.2, 0.25) is 0 Å². The third-order valence-corrected chi connectivity index (χ3v) is 15.8. The van der Waals surface area contributed by atoms with E-state index in [1.165, 1.54) is 28.1 Å². The predicted molar refractivity (Wildman–Crippen MR) is 175 cm³/mol. The van der Waals surface area contributed by atoms with E-state index in [9.17, 15) is 4.79 Å². The molecule has 0 spiro atoms. The van der Waals surface area contributed by atoms with Gasteiger partial charge >= 0.3 is 0 Å². The van der Waals surface area contributed by atoms with Crippen molar-refractivity contribution in [2.75, 3.05) is 19.0 Å². The first-order valence-corrected chi connectivity index (χ1v) is 18.4. The van der Waals surface area contributed by atoms with Crippen molar-refractivity contribution in [3.63, 3.8) is 0 Å². The molecule has 1 fully saturated rings. The van der Waals surface area contributed by atoms with E-state index in [0.717, 1.165) is 35.2 Å². The van der Waals surface area contributed by atoms with Crippen LogP contribution in [0.1, 0.15) is 77.7 Å². The highest BCUT2D eigenvalue weighted by atomic mass is 32.2. The number of carbonyl (C=O) groups is 1. The van der Waals surface area contributed by atoms with Gasteiger partial charge in [-0.25, -0.2) is 0 Å². The van der Waals surface area contributed by atoms with Crippen LogP contribution in [-0.2, 0) is 25.8 Å². The van der Waals surface area contributed by atoms with Gasteiger partial charge in [0.1, 0.15) is 10.0 Å². The number of ether oxygens (including phenoxy) is 1. The van der Waals surface area contributed by atoms with Crippen LogP contribution in [0.3, 0.4) is 0 Å². The van der Waals surface area contributed by atoms with Crippen LogP contribution in [0.15, 0.2) is 60.7 Å². The quantitative estimate of drug-likeness (QED) is 0.216. The first-order chi connectivity index (χ1) is 19.3. The number of benzene rings is 2. The van der Waals surface area contributed by atoms with Crippen molar-refractivity contribution < 1.29 is 14.0 Å². The molecule has 1 saturated heterocycles. The normalized spacial score (nSPS) is 17.0. The SMILES string of the molecule is CC(C)(SC[C@H]1CCCCO1)C(=O)Cc1nnc(C(C)(C)CO[Si](c2ccccc2)(c2ccccc2)C(C)(C)C)s1. The number of rotatable bonds is 12. The average molecular weight is 611 g/mol. The zero-order valence-corrected chi connectivity index (χ0v) is 28.4. The van der Waals surface area contributed by atoms with Crippen molar-refractivity contribution in [3.05, 3.63) is 70.7 Å². The summed E-state index contributed by atoms with van der Waals surface area (Å²) in [6, 6.07) is 21.4. The summed E-state index contributed by atoms with van der Waals surface area (Å²) in [5.74, 6) is 1.04. The lowest BCUT2D eigenvalue weighted by molar-refractivity contribution is -0.120. The summed E-state index contributed by atoms with van der Waals surface area (Å²) in [4.78, 5) is 13.3. The summed E-state index contributed by atoms with van der Waals surface area (Å²) in [5.41, 5.74) is -0.366. The lowest BCUT2D eigenvalue weighted by Gasteiger charge is -2.44. The van der Waals surface area contributed by atoms with Gasteiger partial charge in [0.05, 0.1) is 17.3 Å². The molecule has 222 valence electrons. The molecule has 1 aliphatic heterocycles. The van der Waals surface area contributed by atoms with Crippen LogP contribution < -0.4 is 10.4 Å². The van der Waals surface area contributed by atoms with Crippen LogP contribution in [0.25, 0.3) is 0 Å². The Bertz CT molecular complexity index is 1230. The Morgan fingerprint density at radius 3 is 2.10 bits per heavy atom. The monoisotopic (exact) mass is 610 g/mol. The largest absolute Gasteiger partial charge is 0.406 e. The molecular formula is C33H46N2O3S2Si. The second kappa shape index (κ2) is 13.2. The van der Waals surface area contributed by atoms with Crippen molar-refractivity contribution in [2.45, 2.75) is 95.5 Å². The Morgan fingerprint density at radius 2 is 1.56 bits per heavy atom. The van der Waals surface area contributed by atoms with E-state index in [1.807, 2.05) is 13.8 Å². The lowest BCUT2D eigenvalue weighted by Crippen LogP contribution is -2.67. The van der Waals surface area contributed by atoms with E-state index in [2.05, 4.69) is 105 Å². The zero-order chi connectivity index (χ0) is 29.7. The molecule has 0 radical (unpaired) electrons. The Balaban J connectivity index is 1.49. The van der Waals surface area contributed by atoms with E-state index >= 15 is 0 Å². The predicted octanol–water partition coefficient (Wildman–Crippen LogP) is 6.58. The number of Topliss-reactive ketones (excluding diaryl/α,β-unsaturated/α-hetero) is 1. The second-order valence-electron chi connectivity index (χ2n) is 13.2.